The van der Waals surface area contributed by atoms with Crippen LogP contribution in [-0.2, 0) is 4.74 Å². The highest BCUT2D eigenvalue weighted by Crippen LogP contribution is 2.39. The van der Waals surface area contributed by atoms with Crippen molar-refractivity contribution in [1.82, 2.24) is 10.6 Å². The fourth-order valence-electron chi connectivity index (χ4n) is 3.18. The molecule has 1 saturated heterocycles. The van der Waals surface area contributed by atoms with E-state index in [2.05, 4.69) is 10.6 Å². The van der Waals surface area contributed by atoms with Crippen molar-refractivity contribution < 1.29 is 9.53 Å². The molecular formula is C15H28N2O2. The van der Waals surface area contributed by atoms with Gasteiger partial charge in [-0.05, 0) is 58.0 Å². The van der Waals surface area contributed by atoms with Gasteiger partial charge >= 0.3 is 6.09 Å². The summed E-state index contributed by atoms with van der Waals surface area (Å²) in [6.45, 7) is 8.58. The molecule has 0 aromatic carbocycles. The van der Waals surface area contributed by atoms with Crippen molar-refractivity contribution in [2.24, 2.45) is 17.8 Å². The number of nitrogens with one attached hydrogen (secondary N) is 2. The molecule has 2 rings (SSSR count). The van der Waals surface area contributed by atoms with E-state index in [1.165, 1.54) is 25.7 Å². The number of piperidine rings is 1. The van der Waals surface area contributed by atoms with Crippen LogP contribution < -0.4 is 10.6 Å². The SMILES string of the molecule is CC(C)(C)OC(=O)NCC1CNCCC1C1CCC1. The van der Waals surface area contributed by atoms with Crippen LogP contribution in [0.25, 0.3) is 0 Å². The predicted molar refractivity (Wildman–Crippen MR) is 76.0 cm³/mol. The number of hydrogen-bond donors (Lipinski definition) is 2. The Labute approximate surface area is 116 Å². The first-order chi connectivity index (χ1) is 8.96. The molecule has 1 amide bonds. The Morgan fingerprint density at radius 3 is 2.63 bits per heavy atom. The summed E-state index contributed by atoms with van der Waals surface area (Å²) in [5.41, 5.74) is -0.414. The molecule has 2 fully saturated rings. The van der Waals surface area contributed by atoms with Gasteiger partial charge in [-0.15, -0.1) is 0 Å². The molecule has 0 aromatic rings. The van der Waals surface area contributed by atoms with Gasteiger partial charge in [0, 0.05) is 6.54 Å². The molecule has 0 bridgehead atoms. The average molecular weight is 268 g/mol. The maximum Gasteiger partial charge on any atom is 0.407 e. The molecule has 4 nitrogen and oxygen atoms in total. The van der Waals surface area contributed by atoms with Crippen molar-refractivity contribution in [2.75, 3.05) is 19.6 Å². The second-order valence-corrected chi connectivity index (χ2v) is 6.99. The maximum atomic E-state index is 11.7. The zero-order valence-corrected chi connectivity index (χ0v) is 12.5. The van der Waals surface area contributed by atoms with Gasteiger partial charge in [-0.3, -0.25) is 0 Å². The van der Waals surface area contributed by atoms with Crippen LogP contribution in [0.3, 0.4) is 0 Å². The van der Waals surface area contributed by atoms with Crippen LogP contribution in [0.15, 0.2) is 0 Å². The Balaban J connectivity index is 1.77. The standard InChI is InChI=1S/C15H28N2O2/c1-15(2,3)19-14(18)17-10-12-9-16-8-7-13(12)11-5-4-6-11/h11-13,16H,4-10H2,1-3H3,(H,17,18). The molecule has 2 atom stereocenters. The first-order valence-electron chi connectivity index (χ1n) is 7.63. The van der Waals surface area contributed by atoms with Crippen molar-refractivity contribution >= 4 is 6.09 Å². The van der Waals surface area contributed by atoms with E-state index in [1.807, 2.05) is 20.8 Å². The van der Waals surface area contributed by atoms with E-state index in [0.717, 1.165) is 31.5 Å². The van der Waals surface area contributed by atoms with Crippen LogP contribution in [0.2, 0.25) is 0 Å². The molecule has 1 aliphatic heterocycles. The van der Waals surface area contributed by atoms with Crippen molar-refractivity contribution in [1.29, 1.82) is 0 Å². The van der Waals surface area contributed by atoms with Gasteiger partial charge in [0.25, 0.3) is 0 Å². The molecule has 2 aliphatic rings. The maximum absolute atomic E-state index is 11.7. The van der Waals surface area contributed by atoms with Gasteiger partial charge in [0.15, 0.2) is 0 Å². The van der Waals surface area contributed by atoms with Crippen LogP contribution in [-0.4, -0.2) is 31.3 Å². The van der Waals surface area contributed by atoms with Crippen LogP contribution in [0.5, 0.6) is 0 Å². The Hall–Kier alpha value is -0.770. The lowest BCUT2D eigenvalue weighted by atomic mass is 9.68. The summed E-state index contributed by atoms with van der Waals surface area (Å²) < 4.78 is 5.29. The molecule has 1 heterocycles. The first kappa shape index (κ1) is 14.6. The van der Waals surface area contributed by atoms with E-state index in [1.54, 1.807) is 0 Å². The van der Waals surface area contributed by atoms with Crippen LogP contribution in [0.1, 0.15) is 46.5 Å². The van der Waals surface area contributed by atoms with Crippen LogP contribution in [0.4, 0.5) is 4.79 Å². The van der Waals surface area contributed by atoms with E-state index in [-0.39, 0.29) is 6.09 Å². The van der Waals surface area contributed by atoms with Crippen molar-refractivity contribution in [3.05, 3.63) is 0 Å². The van der Waals surface area contributed by atoms with E-state index in [4.69, 9.17) is 4.74 Å². The molecule has 110 valence electrons. The zero-order chi connectivity index (χ0) is 13.9. The van der Waals surface area contributed by atoms with Gasteiger partial charge in [-0.2, -0.15) is 0 Å². The zero-order valence-electron chi connectivity index (χ0n) is 12.5. The lowest BCUT2D eigenvalue weighted by Crippen LogP contribution is -2.47. The fourth-order valence-corrected chi connectivity index (χ4v) is 3.18. The summed E-state index contributed by atoms with van der Waals surface area (Å²) in [6.07, 6.45) is 5.12. The van der Waals surface area contributed by atoms with E-state index < -0.39 is 5.60 Å². The lowest BCUT2D eigenvalue weighted by molar-refractivity contribution is 0.0484. The highest BCUT2D eigenvalue weighted by Gasteiger charge is 2.34. The highest BCUT2D eigenvalue weighted by atomic mass is 16.6. The molecule has 4 heteroatoms. The number of ether oxygens (including phenoxy) is 1. The minimum atomic E-state index is -0.414. The highest BCUT2D eigenvalue weighted by molar-refractivity contribution is 5.67. The Morgan fingerprint density at radius 2 is 2.05 bits per heavy atom. The topological polar surface area (TPSA) is 50.4 Å². The summed E-state index contributed by atoms with van der Waals surface area (Å²) in [6, 6.07) is 0. The molecule has 0 aromatic heterocycles. The van der Waals surface area contributed by atoms with Gasteiger partial charge in [-0.1, -0.05) is 19.3 Å². The third-order valence-corrected chi connectivity index (χ3v) is 4.33. The second kappa shape index (κ2) is 6.12. The number of carbonyl (C=O) groups is 1. The van der Waals surface area contributed by atoms with Crippen LogP contribution in [0, 0.1) is 17.8 Å². The quantitative estimate of drug-likeness (QED) is 0.827. The lowest BCUT2D eigenvalue weighted by Gasteiger charge is -2.41. The van der Waals surface area contributed by atoms with Gasteiger partial charge in [-0.25, -0.2) is 4.79 Å². The molecule has 2 unspecified atom stereocenters. The summed E-state index contributed by atoms with van der Waals surface area (Å²) in [5.74, 6) is 2.24. The molecule has 0 spiro atoms. The van der Waals surface area contributed by atoms with Crippen molar-refractivity contribution in [3.8, 4) is 0 Å². The normalized spacial score (nSPS) is 28.6. The molecule has 2 N–H and O–H groups in total. The van der Waals surface area contributed by atoms with E-state index in [0.29, 0.717) is 5.92 Å². The molecule has 0 radical (unpaired) electrons. The molecule has 1 saturated carbocycles. The third kappa shape index (κ3) is 4.37. The van der Waals surface area contributed by atoms with Gasteiger partial charge in [0.1, 0.15) is 5.60 Å². The number of amides is 1. The summed E-state index contributed by atoms with van der Waals surface area (Å²) in [7, 11) is 0. The third-order valence-electron chi connectivity index (χ3n) is 4.33. The number of alkyl carbamates (subject to hydrolysis) is 1. The monoisotopic (exact) mass is 268 g/mol. The smallest absolute Gasteiger partial charge is 0.407 e. The van der Waals surface area contributed by atoms with Gasteiger partial charge < -0.3 is 15.4 Å². The minimum Gasteiger partial charge on any atom is -0.444 e. The largest absolute Gasteiger partial charge is 0.444 e. The van der Waals surface area contributed by atoms with Crippen molar-refractivity contribution in [2.45, 2.75) is 52.1 Å². The van der Waals surface area contributed by atoms with E-state index in [9.17, 15) is 4.79 Å². The summed E-state index contributed by atoms with van der Waals surface area (Å²) in [5, 5.41) is 6.39. The molecule has 1 aliphatic carbocycles. The fraction of sp³-hybridized carbons (Fsp3) is 0.933. The number of carbonyl (C=O) groups excluding carboxylic acids is 1. The van der Waals surface area contributed by atoms with Crippen LogP contribution >= 0.6 is 0 Å². The summed E-state index contributed by atoms with van der Waals surface area (Å²) >= 11 is 0. The molecule has 19 heavy (non-hydrogen) atoms. The predicted octanol–water partition coefficient (Wildman–Crippen LogP) is 2.54. The Kier molecular flexibility index (Phi) is 4.71. The van der Waals surface area contributed by atoms with Gasteiger partial charge in [0.05, 0.1) is 0 Å². The van der Waals surface area contributed by atoms with E-state index >= 15 is 0 Å². The Morgan fingerprint density at radius 1 is 1.32 bits per heavy atom. The average Bonchev–Trinajstić information content (AvgIpc) is 2.23. The van der Waals surface area contributed by atoms with Gasteiger partial charge in [0.2, 0.25) is 0 Å². The first-order valence-corrected chi connectivity index (χ1v) is 7.63. The number of hydrogen-bond acceptors (Lipinski definition) is 3. The van der Waals surface area contributed by atoms with Crippen molar-refractivity contribution in [3.63, 3.8) is 0 Å². The number of rotatable bonds is 3. The minimum absolute atomic E-state index is 0.287. The Bertz CT molecular complexity index is 308. The second-order valence-electron chi connectivity index (χ2n) is 6.99. The summed E-state index contributed by atoms with van der Waals surface area (Å²) in [4.78, 5) is 11.7. The molecular weight excluding hydrogens is 240 g/mol.